The number of rotatable bonds is 6. The van der Waals surface area contributed by atoms with Gasteiger partial charge < -0.3 is 10.4 Å². The van der Waals surface area contributed by atoms with E-state index in [1.165, 1.54) is 11.3 Å². The molecule has 0 spiro atoms. The number of aliphatic hydroxyl groups excluding tert-OH is 1. The Morgan fingerprint density at radius 1 is 1.33 bits per heavy atom. The fraction of sp³-hybridized carbons (Fsp3) is 0.727. The molecule has 0 atom stereocenters. The van der Waals surface area contributed by atoms with Gasteiger partial charge in [0.2, 0.25) is 0 Å². The molecule has 1 rings (SSSR count). The van der Waals surface area contributed by atoms with Crippen LogP contribution in [0.2, 0.25) is 0 Å². The largest absolute Gasteiger partial charge is 0.396 e. The maximum absolute atomic E-state index is 8.63. The Hall–Kier alpha value is -0.870. The molecule has 0 saturated carbocycles. The molecule has 0 aromatic carbocycles. The van der Waals surface area contributed by atoms with E-state index < -0.39 is 0 Å². The zero-order chi connectivity index (χ0) is 11.3. The van der Waals surface area contributed by atoms with Gasteiger partial charge in [0.1, 0.15) is 0 Å². The highest BCUT2D eigenvalue weighted by Crippen LogP contribution is 2.10. The SMILES string of the molecule is Cc1nn(C)c(C)c1CNCCCCO. The zero-order valence-corrected chi connectivity index (χ0v) is 9.88. The zero-order valence-electron chi connectivity index (χ0n) is 9.88. The summed E-state index contributed by atoms with van der Waals surface area (Å²) in [7, 11) is 1.97. The van der Waals surface area contributed by atoms with Gasteiger partial charge in [-0.05, 0) is 33.2 Å². The van der Waals surface area contributed by atoms with Gasteiger partial charge >= 0.3 is 0 Å². The van der Waals surface area contributed by atoms with Crippen molar-refractivity contribution in [3.63, 3.8) is 0 Å². The molecule has 0 unspecified atom stereocenters. The van der Waals surface area contributed by atoms with E-state index in [1.807, 2.05) is 18.7 Å². The first-order chi connectivity index (χ1) is 7.16. The van der Waals surface area contributed by atoms with Crippen molar-refractivity contribution < 1.29 is 5.11 Å². The topological polar surface area (TPSA) is 50.1 Å². The molecule has 4 heteroatoms. The van der Waals surface area contributed by atoms with Gasteiger partial charge in [-0.2, -0.15) is 5.10 Å². The molecule has 0 amide bonds. The van der Waals surface area contributed by atoms with E-state index in [1.54, 1.807) is 0 Å². The molecule has 0 aliphatic rings. The minimum absolute atomic E-state index is 0.284. The number of aryl methyl sites for hydroxylation is 2. The van der Waals surface area contributed by atoms with Crippen LogP contribution in [0.25, 0.3) is 0 Å². The first-order valence-corrected chi connectivity index (χ1v) is 5.47. The van der Waals surface area contributed by atoms with Crippen molar-refractivity contribution >= 4 is 0 Å². The third-order valence-corrected chi connectivity index (χ3v) is 2.72. The summed E-state index contributed by atoms with van der Waals surface area (Å²) in [5, 5.41) is 16.4. The first-order valence-electron chi connectivity index (χ1n) is 5.47. The van der Waals surface area contributed by atoms with Crippen molar-refractivity contribution in [3.8, 4) is 0 Å². The van der Waals surface area contributed by atoms with E-state index in [9.17, 15) is 0 Å². The van der Waals surface area contributed by atoms with E-state index in [2.05, 4.69) is 17.3 Å². The van der Waals surface area contributed by atoms with Crippen LogP contribution in [0.1, 0.15) is 29.8 Å². The summed E-state index contributed by atoms with van der Waals surface area (Å²) in [6, 6.07) is 0. The maximum atomic E-state index is 8.63. The number of aromatic nitrogens is 2. The summed E-state index contributed by atoms with van der Waals surface area (Å²) in [4.78, 5) is 0. The van der Waals surface area contributed by atoms with E-state index in [4.69, 9.17) is 5.11 Å². The molecular formula is C11H21N3O. The molecule has 2 N–H and O–H groups in total. The lowest BCUT2D eigenvalue weighted by Gasteiger charge is -2.04. The fourth-order valence-corrected chi connectivity index (χ4v) is 1.65. The van der Waals surface area contributed by atoms with Gasteiger partial charge in [0.05, 0.1) is 5.69 Å². The molecule has 15 heavy (non-hydrogen) atoms. The molecule has 4 nitrogen and oxygen atoms in total. The lowest BCUT2D eigenvalue weighted by Crippen LogP contribution is -2.16. The fourth-order valence-electron chi connectivity index (χ4n) is 1.65. The highest BCUT2D eigenvalue weighted by molar-refractivity contribution is 5.23. The lowest BCUT2D eigenvalue weighted by atomic mass is 10.2. The van der Waals surface area contributed by atoms with Gasteiger partial charge in [0.15, 0.2) is 0 Å². The molecule has 1 aromatic heterocycles. The number of nitrogens with zero attached hydrogens (tertiary/aromatic N) is 2. The summed E-state index contributed by atoms with van der Waals surface area (Å²) in [5.74, 6) is 0. The van der Waals surface area contributed by atoms with Crippen LogP contribution in [-0.2, 0) is 13.6 Å². The Morgan fingerprint density at radius 2 is 2.07 bits per heavy atom. The summed E-state index contributed by atoms with van der Waals surface area (Å²) < 4.78 is 1.92. The smallest absolute Gasteiger partial charge is 0.0641 e. The van der Waals surface area contributed by atoms with Gasteiger partial charge in [0.25, 0.3) is 0 Å². The molecule has 0 bridgehead atoms. The molecule has 0 saturated heterocycles. The quantitative estimate of drug-likeness (QED) is 0.687. The molecule has 86 valence electrons. The average Bonchev–Trinajstić information content (AvgIpc) is 2.44. The van der Waals surface area contributed by atoms with Crippen molar-refractivity contribution in [2.24, 2.45) is 7.05 Å². The monoisotopic (exact) mass is 211 g/mol. The Balaban J connectivity index is 2.37. The first kappa shape index (κ1) is 12.2. The number of aliphatic hydroxyl groups is 1. The third-order valence-electron chi connectivity index (χ3n) is 2.72. The van der Waals surface area contributed by atoms with E-state index in [0.29, 0.717) is 0 Å². The standard InChI is InChI=1S/C11H21N3O/c1-9-11(10(2)14(3)13-9)8-12-6-4-5-7-15/h12,15H,4-8H2,1-3H3. The summed E-state index contributed by atoms with van der Waals surface area (Å²) in [6.45, 7) is 6.24. The normalized spacial score (nSPS) is 10.9. The van der Waals surface area contributed by atoms with Gasteiger partial charge in [0, 0.05) is 31.5 Å². The lowest BCUT2D eigenvalue weighted by molar-refractivity contribution is 0.283. The van der Waals surface area contributed by atoms with Gasteiger partial charge in [-0.3, -0.25) is 4.68 Å². The molecular weight excluding hydrogens is 190 g/mol. The van der Waals surface area contributed by atoms with Crippen LogP contribution in [0.15, 0.2) is 0 Å². The van der Waals surface area contributed by atoms with Crippen molar-refractivity contribution in [1.29, 1.82) is 0 Å². The molecule has 0 fully saturated rings. The van der Waals surface area contributed by atoms with Crippen molar-refractivity contribution in [2.45, 2.75) is 33.2 Å². The molecule has 1 heterocycles. The highest BCUT2D eigenvalue weighted by atomic mass is 16.2. The highest BCUT2D eigenvalue weighted by Gasteiger charge is 2.07. The van der Waals surface area contributed by atoms with E-state index in [-0.39, 0.29) is 6.61 Å². The van der Waals surface area contributed by atoms with Crippen LogP contribution in [0.4, 0.5) is 0 Å². The van der Waals surface area contributed by atoms with Crippen LogP contribution >= 0.6 is 0 Å². The Kier molecular flexibility index (Phi) is 4.78. The minimum atomic E-state index is 0.284. The third kappa shape index (κ3) is 3.32. The van der Waals surface area contributed by atoms with Crippen molar-refractivity contribution in [1.82, 2.24) is 15.1 Å². The van der Waals surface area contributed by atoms with Gasteiger partial charge in [-0.25, -0.2) is 0 Å². The Bertz CT molecular complexity index is 307. The molecule has 0 aliphatic heterocycles. The number of hydrogen-bond acceptors (Lipinski definition) is 3. The second-order valence-corrected chi connectivity index (χ2v) is 3.88. The van der Waals surface area contributed by atoms with Crippen molar-refractivity contribution in [3.05, 3.63) is 17.0 Å². The van der Waals surface area contributed by atoms with Gasteiger partial charge in [-0.1, -0.05) is 0 Å². The Morgan fingerprint density at radius 3 is 2.60 bits per heavy atom. The van der Waals surface area contributed by atoms with E-state index >= 15 is 0 Å². The van der Waals surface area contributed by atoms with Crippen LogP contribution < -0.4 is 5.32 Å². The number of nitrogens with one attached hydrogen (secondary N) is 1. The number of unbranched alkanes of at least 4 members (excludes halogenated alkanes) is 1. The van der Waals surface area contributed by atoms with Crippen LogP contribution in [0.3, 0.4) is 0 Å². The summed E-state index contributed by atoms with van der Waals surface area (Å²) in [6.07, 6.45) is 1.90. The van der Waals surface area contributed by atoms with Crippen LogP contribution in [0.5, 0.6) is 0 Å². The summed E-state index contributed by atoms with van der Waals surface area (Å²) in [5.41, 5.74) is 3.62. The molecule has 0 radical (unpaired) electrons. The Labute approximate surface area is 91.3 Å². The predicted octanol–water partition coefficient (Wildman–Crippen LogP) is 0.899. The average molecular weight is 211 g/mol. The minimum Gasteiger partial charge on any atom is -0.396 e. The second kappa shape index (κ2) is 5.88. The molecule has 1 aromatic rings. The summed E-state index contributed by atoms with van der Waals surface area (Å²) >= 11 is 0. The van der Waals surface area contributed by atoms with Crippen LogP contribution in [-0.4, -0.2) is 28.0 Å². The van der Waals surface area contributed by atoms with Crippen LogP contribution in [0, 0.1) is 13.8 Å². The van der Waals surface area contributed by atoms with Crippen molar-refractivity contribution in [2.75, 3.05) is 13.2 Å². The van der Waals surface area contributed by atoms with Gasteiger partial charge in [-0.15, -0.1) is 0 Å². The number of hydrogen-bond donors (Lipinski definition) is 2. The maximum Gasteiger partial charge on any atom is 0.0641 e. The predicted molar refractivity (Wildman–Crippen MR) is 60.7 cm³/mol. The molecule has 0 aliphatic carbocycles. The second-order valence-electron chi connectivity index (χ2n) is 3.88. The van der Waals surface area contributed by atoms with E-state index in [0.717, 1.165) is 31.6 Å².